The van der Waals surface area contributed by atoms with E-state index < -0.39 is 0 Å². The van der Waals surface area contributed by atoms with Gasteiger partial charge in [0.2, 0.25) is 5.88 Å². The maximum absolute atomic E-state index is 6.11. The molecule has 6 heteroatoms. The number of hydrogen-bond donors (Lipinski definition) is 2. The number of nitrogens with one attached hydrogen (secondary N) is 2. The zero-order valence-corrected chi connectivity index (χ0v) is 16.9. The van der Waals surface area contributed by atoms with Gasteiger partial charge in [-0.2, -0.15) is 0 Å². The molecule has 28 heavy (non-hydrogen) atoms. The molecule has 2 unspecified atom stereocenters. The minimum atomic E-state index is 0.125. The lowest BCUT2D eigenvalue weighted by molar-refractivity contribution is -0.0265. The van der Waals surface area contributed by atoms with Crippen LogP contribution in [-0.4, -0.2) is 38.3 Å². The molecule has 1 aliphatic heterocycles. The molecule has 0 bridgehead atoms. The van der Waals surface area contributed by atoms with Gasteiger partial charge in [-0.15, -0.1) is 0 Å². The predicted molar refractivity (Wildman–Crippen MR) is 112 cm³/mol. The first-order valence-electron chi connectivity index (χ1n) is 9.82. The molecule has 150 valence electrons. The Kier molecular flexibility index (Phi) is 7.25. The fraction of sp³-hybridized carbons (Fsp3) is 0.455. The summed E-state index contributed by atoms with van der Waals surface area (Å²) >= 11 is 0. The average molecular weight is 383 g/mol. The second kappa shape index (κ2) is 10.1. The Labute approximate surface area is 167 Å². The van der Waals surface area contributed by atoms with Crippen molar-refractivity contribution in [3.63, 3.8) is 0 Å². The van der Waals surface area contributed by atoms with Crippen molar-refractivity contribution in [2.75, 3.05) is 27.3 Å². The summed E-state index contributed by atoms with van der Waals surface area (Å²) in [5.41, 5.74) is 3.42. The molecule has 2 aromatic rings. The van der Waals surface area contributed by atoms with Gasteiger partial charge >= 0.3 is 0 Å². The first kappa shape index (κ1) is 20.1. The SMILES string of the molecule is CN=C(NCc1cccc(OC)n1)NCC1CCCOC1c1ccc(C)cc1. The number of aliphatic imine (C=N–C) groups is 1. The van der Waals surface area contributed by atoms with Gasteiger partial charge < -0.3 is 20.1 Å². The van der Waals surface area contributed by atoms with Gasteiger partial charge in [-0.05, 0) is 31.4 Å². The number of nitrogens with zero attached hydrogens (tertiary/aromatic N) is 2. The smallest absolute Gasteiger partial charge is 0.213 e. The fourth-order valence-electron chi connectivity index (χ4n) is 3.47. The van der Waals surface area contributed by atoms with Crippen LogP contribution >= 0.6 is 0 Å². The summed E-state index contributed by atoms with van der Waals surface area (Å²) in [7, 11) is 3.40. The molecule has 1 saturated heterocycles. The summed E-state index contributed by atoms with van der Waals surface area (Å²) in [6.45, 7) is 4.32. The molecule has 1 aliphatic rings. The van der Waals surface area contributed by atoms with Gasteiger partial charge in [-0.3, -0.25) is 4.99 Å². The number of hydrogen-bond acceptors (Lipinski definition) is 4. The molecule has 0 amide bonds. The summed E-state index contributed by atoms with van der Waals surface area (Å²) in [4.78, 5) is 8.75. The van der Waals surface area contributed by atoms with Crippen LogP contribution in [0.4, 0.5) is 0 Å². The van der Waals surface area contributed by atoms with E-state index in [0.717, 1.165) is 37.6 Å². The van der Waals surface area contributed by atoms with Crippen molar-refractivity contribution in [2.24, 2.45) is 10.9 Å². The van der Waals surface area contributed by atoms with Gasteiger partial charge in [0.1, 0.15) is 0 Å². The van der Waals surface area contributed by atoms with E-state index in [1.165, 1.54) is 11.1 Å². The molecule has 0 spiro atoms. The molecule has 3 rings (SSSR count). The molecule has 1 aromatic carbocycles. The lowest BCUT2D eigenvalue weighted by Crippen LogP contribution is -2.41. The largest absolute Gasteiger partial charge is 0.481 e. The van der Waals surface area contributed by atoms with E-state index in [1.54, 1.807) is 14.2 Å². The zero-order chi connectivity index (χ0) is 19.8. The van der Waals surface area contributed by atoms with Gasteiger partial charge in [0.05, 0.1) is 25.5 Å². The van der Waals surface area contributed by atoms with Crippen molar-refractivity contribution >= 4 is 5.96 Å². The van der Waals surface area contributed by atoms with Crippen molar-refractivity contribution in [1.29, 1.82) is 0 Å². The second-order valence-corrected chi connectivity index (χ2v) is 7.08. The summed E-state index contributed by atoms with van der Waals surface area (Å²) in [5, 5.41) is 6.77. The molecule has 2 heterocycles. The van der Waals surface area contributed by atoms with Crippen LogP contribution < -0.4 is 15.4 Å². The lowest BCUT2D eigenvalue weighted by Gasteiger charge is -2.32. The van der Waals surface area contributed by atoms with Gasteiger partial charge in [-0.25, -0.2) is 4.98 Å². The topological polar surface area (TPSA) is 67.8 Å². The first-order valence-corrected chi connectivity index (χ1v) is 9.82. The van der Waals surface area contributed by atoms with E-state index in [0.29, 0.717) is 18.3 Å². The molecular weight excluding hydrogens is 352 g/mol. The lowest BCUT2D eigenvalue weighted by atomic mass is 9.89. The standard InChI is InChI=1S/C22H30N4O2/c1-16-9-11-17(12-10-16)21-18(6-5-13-28-21)14-24-22(23-2)25-15-19-7-4-8-20(26-19)27-3/h4,7-12,18,21H,5-6,13-15H2,1-3H3,(H2,23,24,25). The minimum absolute atomic E-state index is 0.125. The van der Waals surface area contributed by atoms with Crippen LogP contribution in [-0.2, 0) is 11.3 Å². The molecule has 1 fully saturated rings. The molecule has 2 atom stereocenters. The van der Waals surface area contributed by atoms with E-state index >= 15 is 0 Å². The molecular formula is C22H30N4O2. The van der Waals surface area contributed by atoms with Crippen molar-refractivity contribution in [1.82, 2.24) is 15.6 Å². The van der Waals surface area contributed by atoms with Crippen molar-refractivity contribution in [3.8, 4) is 5.88 Å². The Morgan fingerprint density at radius 2 is 2.04 bits per heavy atom. The number of benzene rings is 1. The summed E-state index contributed by atoms with van der Waals surface area (Å²) in [6.07, 6.45) is 2.36. The van der Waals surface area contributed by atoms with Crippen molar-refractivity contribution < 1.29 is 9.47 Å². The highest BCUT2D eigenvalue weighted by Gasteiger charge is 2.27. The van der Waals surface area contributed by atoms with E-state index in [2.05, 4.69) is 51.8 Å². The van der Waals surface area contributed by atoms with E-state index in [4.69, 9.17) is 9.47 Å². The predicted octanol–water partition coefficient (Wildman–Crippen LogP) is 3.23. The number of methoxy groups -OCH3 is 1. The number of pyridine rings is 1. The summed E-state index contributed by atoms with van der Waals surface area (Å²) in [5.74, 6) is 1.78. The normalized spacial score (nSPS) is 19.9. The molecule has 0 aliphatic carbocycles. The Hall–Kier alpha value is -2.60. The number of guanidine groups is 1. The highest BCUT2D eigenvalue weighted by molar-refractivity contribution is 5.79. The third-order valence-electron chi connectivity index (χ3n) is 5.03. The van der Waals surface area contributed by atoms with Crippen LogP contribution in [0.3, 0.4) is 0 Å². The van der Waals surface area contributed by atoms with Crippen molar-refractivity contribution in [3.05, 3.63) is 59.3 Å². The summed E-state index contributed by atoms with van der Waals surface area (Å²) in [6, 6.07) is 14.4. The van der Waals surface area contributed by atoms with Crippen LogP contribution in [0.25, 0.3) is 0 Å². The molecule has 6 nitrogen and oxygen atoms in total. The second-order valence-electron chi connectivity index (χ2n) is 7.08. The van der Waals surface area contributed by atoms with Crippen LogP contribution in [0, 0.1) is 12.8 Å². The maximum Gasteiger partial charge on any atom is 0.213 e. The fourth-order valence-corrected chi connectivity index (χ4v) is 3.47. The highest BCUT2D eigenvalue weighted by Crippen LogP contribution is 2.33. The highest BCUT2D eigenvalue weighted by atomic mass is 16.5. The number of rotatable bonds is 6. The molecule has 2 N–H and O–H groups in total. The summed E-state index contributed by atoms with van der Waals surface area (Å²) < 4.78 is 11.3. The third-order valence-corrected chi connectivity index (χ3v) is 5.03. The molecule has 0 radical (unpaired) electrons. The van der Waals surface area contributed by atoms with E-state index in [1.807, 2.05) is 18.2 Å². The minimum Gasteiger partial charge on any atom is -0.481 e. The van der Waals surface area contributed by atoms with E-state index in [-0.39, 0.29) is 6.10 Å². The maximum atomic E-state index is 6.11. The van der Waals surface area contributed by atoms with Crippen LogP contribution in [0.1, 0.15) is 35.8 Å². The Morgan fingerprint density at radius 1 is 1.21 bits per heavy atom. The molecule has 0 saturated carbocycles. The van der Waals surface area contributed by atoms with Crippen LogP contribution in [0.5, 0.6) is 5.88 Å². The zero-order valence-electron chi connectivity index (χ0n) is 16.9. The molecule has 1 aromatic heterocycles. The monoisotopic (exact) mass is 382 g/mol. The average Bonchev–Trinajstić information content (AvgIpc) is 2.75. The first-order chi connectivity index (χ1) is 13.7. The third kappa shape index (κ3) is 5.45. The number of aryl methyl sites for hydroxylation is 1. The van der Waals surface area contributed by atoms with Gasteiger partial charge in [0.25, 0.3) is 0 Å². The quantitative estimate of drug-likeness (QED) is 0.593. The van der Waals surface area contributed by atoms with Crippen molar-refractivity contribution in [2.45, 2.75) is 32.4 Å². The number of ether oxygens (including phenoxy) is 2. The Bertz CT molecular complexity index is 776. The Morgan fingerprint density at radius 3 is 2.79 bits per heavy atom. The van der Waals surface area contributed by atoms with Gasteiger partial charge in [0, 0.05) is 32.2 Å². The van der Waals surface area contributed by atoms with Crippen LogP contribution in [0.2, 0.25) is 0 Å². The Balaban J connectivity index is 1.56. The van der Waals surface area contributed by atoms with Crippen LogP contribution in [0.15, 0.2) is 47.5 Å². The van der Waals surface area contributed by atoms with Gasteiger partial charge in [-0.1, -0.05) is 35.9 Å². The number of aromatic nitrogens is 1. The van der Waals surface area contributed by atoms with E-state index in [9.17, 15) is 0 Å². The van der Waals surface area contributed by atoms with Gasteiger partial charge in [0.15, 0.2) is 5.96 Å².